The van der Waals surface area contributed by atoms with Crippen molar-refractivity contribution in [2.45, 2.75) is 317 Å². The molecular formula is C78H137N3O36P2. The number of aliphatic hydroxyl groups excluding tert-OH is 10. The number of Topliss-reactive ketones (excluding diaryl/α,β-unsaturated/α-hetero) is 5. The van der Waals surface area contributed by atoms with Crippen LogP contribution in [0.5, 0.6) is 0 Å². The minimum absolute atomic E-state index is 0.0104. The van der Waals surface area contributed by atoms with Gasteiger partial charge in [-0.2, -0.15) is 0 Å². The lowest BCUT2D eigenvalue weighted by Gasteiger charge is -2.40. The number of phosphoric acid groups is 2. The highest BCUT2D eigenvalue weighted by Gasteiger charge is 2.48. The monoisotopic (exact) mass is 1750 g/mol. The second-order valence-corrected chi connectivity index (χ2v) is 34.8. The van der Waals surface area contributed by atoms with Gasteiger partial charge in [-0.3, -0.25) is 56.5 Å². The summed E-state index contributed by atoms with van der Waals surface area (Å²) >= 11 is 0. The van der Waals surface area contributed by atoms with Crippen molar-refractivity contribution in [1.82, 2.24) is 15.5 Å². The quantitative estimate of drug-likeness (QED) is 0.0234. The summed E-state index contributed by atoms with van der Waals surface area (Å²) in [6.45, 7) is 2.51. The van der Waals surface area contributed by atoms with Crippen molar-refractivity contribution in [1.29, 1.82) is 0 Å². The Labute approximate surface area is 696 Å². The Balaban J connectivity index is 1.17. The third-order valence-electron chi connectivity index (χ3n) is 21.8. The van der Waals surface area contributed by atoms with Crippen molar-refractivity contribution in [2.24, 2.45) is 17.8 Å². The summed E-state index contributed by atoms with van der Waals surface area (Å²) in [4.78, 5) is 128. The number of phosphoric ester groups is 2. The van der Waals surface area contributed by atoms with Crippen LogP contribution in [0.1, 0.15) is 207 Å². The molecular weight excluding hydrogens is 1620 g/mol. The first-order chi connectivity index (χ1) is 56.7. The molecule has 39 nitrogen and oxygen atoms in total. The molecule has 690 valence electrons. The number of carbonyl (C=O) groups excluding carboxylic acids is 8. The molecule has 0 aromatic carbocycles. The zero-order valence-electron chi connectivity index (χ0n) is 69.7. The molecule has 0 radical (unpaired) electrons. The summed E-state index contributed by atoms with van der Waals surface area (Å²) in [7, 11) is -8.53. The van der Waals surface area contributed by atoms with E-state index >= 15 is 0 Å². The number of rotatable bonds is 65. The van der Waals surface area contributed by atoms with E-state index in [-0.39, 0.29) is 133 Å². The van der Waals surface area contributed by atoms with E-state index in [0.717, 1.165) is 12.0 Å². The highest BCUT2D eigenvalue weighted by molar-refractivity contribution is 7.47. The first-order valence-corrected chi connectivity index (χ1v) is 45.1. The topological polar surface area (TPSA) is 570 Å². The highest BCUT2D eigenvalue weighted by Crippen LogP contribution is 2.50. The molecule has 0 spiro atoms. The van der Waals surface area contributed by atoms with Gasteiger partial charge in [-0.15, -0.1) is 0 Å². The molecule has 0 bridgehead atoms. The summed E-state index contributed by atoms with van der Waals surface area (Å²) in [6.07, 6.45) is -8.56. The number of aliphatic hydroxyl groups is 10. The van der Waals surface area contributed by atoms with Gasteiger partial charge in [-0.1, -0.05) is 33.6 Å². The Morgan fingerprint density at radius 1 is 0.437 bits per heavy atom. The zero-order chi connectivity index (χ0) is 87.7. The number of ketones is 5. The van der Waals surface area contributed by atoms with E-state index in [1.165, 1.54) is 0 Å². The average molecular weight is 1750 g/mol. The van der Waals surface area contributed by atoms with Gasteiger partial charge in [-0.05, 0) is 90.4 Å². The molecule has 5 saturated heterocycles. The number of ether oxygens (including phenoxy) is 10. The third kappa shape index (κ3) is 38.9. The Morgan fingerprint density at radius 3 is 1.22 bits per heavy atom. The van der Waals surface area contributed by atoms with Crippen LogP contribution in [-0.2, 0) is 113 Å². The van der Waals surface area contributed by atoms with Crippen molar-refractivity contribution >= 4 is 62.3 Å². The molecule has 5 rings (SSSR count). The van der Waals surface area contributed by atoms with E-state index in [2.05, 4.69) is 15.2 Å². The highest BCUT2D eigenvalue weighted by atomic mass is 31.2. The Hall–Kier alpha value is -3.82. The summed E-state index contributed by atoms with van der Waals surface area (Å²) in [5.74, 6) is -4.10. The number of likely N-dealkylation sites (tertiary alicyclic amines) is 1. The fourth-order valence-electron chi connectivity index (χ4n) is 14.5. The summed E-state index contributed by atoms with van der Waals surface area (Å²) < 4.78 is 104. The van der Waals surface area contributed by atoms with Gasteiger partial charge in [0.25, 0.3) is 0 Å². The molecule has 41 heteroatoms. The standard InChI is InChI=1S/C78H137N3O36P2/c1-50-38-61(117-118(100,101)104-5)65(112-50)46-111-119(102,103)116-60-39-54(42-82)81(41-60)68(93)40-67(92)80-78(47-105-35-28-58(89)22-10-6-8-20-55(86)25-13-17-32-108-75-51(2)69(94)72(97)62(43-83)113-75,48-106-36-29-59(90)23-11-7-9-21-56(87)26-14-18-33-109-76-52(3)70(95)73(98)63(44-84)114-76)49-107-37-30-66(91)79-31-16-12-24-57(88)27-15-19-34-110-77-53(4)71(96)74(99)64(45-85)115-77/h50-54,60-65,69-77,82-85,94-99H,6-49H2,1-5H3,(H,79,91)(H,80,92)(H,100,101)(H,102,103)/t50-,51?,52?,53?,54-,60+,61?,62?,63?,64?,65+,69+,70+,71+,72-,73-,74-,75+,76+,77+,78?/m0/s1. The van der Waals surface area contributed by atoms with Gasteiger partial charge in [0.15, 0.2) is 18.9 Å². The van der Waals surface area contributed by atoms with Gasteiger partial charge in [0, 0.05) is 135 Å². The van der Waals surface area contributed by atoms with Gasteiger partial charge >= 0.3 is 15.6 Å². The number of hydrogen-bond acceptors (Lipinski definition) is 34. The van der Waals surface area contributed by atoms with Crippen molar-refractivity contribution in [3.8, 4) is 0 Å². The molecule has 5 heterocycles. The maximum Gasteiger partial charge on any atom is 0.472 e. The summed E-state index contributed by atoms with van der Waals surface area (Å²) in [6, 6.07) is -1.02. The van der Waals surface area contributed by atoms with Gasteiger partial charge in [0.1, 0.15) is 89.7 Å². The van der Waals surface area contributed by atoms with Crippen LogP contribution >= 0.6 is 15.6 Å². The molecule has 0 aromatic rings. The molecule has 22 atom stereocenters. The van der Waals surface area contributed by atoms with Crippen LogP contribution in [0.4, 0.5) is 0 Å². The van der Waals surface area contributed by atoms with Gasteiger partial charge in [0.05, 0.1) is 109 Å². The Kier molecular flexibility index (Phi) is 50.0. The fraction of sp³-hybridized carbons (Fsp3) is 0.897. The molecule has 0 saturated carbocycles. The molecule has 5 aliphatic rings. The van der Waals surface area contributed by atoms with Crippen molar-refractivity contribution in [3.63, 3.8) is 0 Å². The van der Waals surface area contributed by atoms with Crippen LogP contribution in [0.15, 0.2) is 0 Å². The number of nitrogens with zero attached hydrogens (tertiary/aromatic N) is 1. The molecule has 5 aliphatic heterocycles. The lowest BCUT2D eigenvalue weighted by atomic mass is 9.92. The summed E-state index contributed by atoms with van der Waals surface area (Å²) in [5, 5.41) is 106. The molecule has 5 fully saturated rings. The molecule has 3 amide bonds. The number of hydrogen-bond donors (Lipinski definition) is 14. The van der Waals surface area contributed by atoms with Crippen molar-refractivity contribution in [2.75, 3.05) is 113 Å². The fourth-order valence-corrected chi connectivity index (χ4v) is 16.1. The van der Waals surface area contributed by atoms with E-state index in [1.54, 1.807) is 27.7 Å². The van der Waals surface area contributed by atoms with E-state index in [9.17, 15) is 108 Å². The van der Waals surface area contributed by atoms with Crippen molar-refractivity contribution < 1.29 is 174 Å². The lowest BCUT2D eigenvalue weighted by molar-refractivity contribution is -0.282. The predicted molar refractivity (Wildman–Crippen MR) is 419 cm³/mol. The molecule has 14 N–H and O–H groups in total. The normalized spacial score (nSPS) is 29.4. The maximum absolute atomic E-state index is 14.4. The van der Waals surface area contributed by atoms with Crippen LogP contribution < -0.4 is 10.6 Å². The smallest absolute Gasteiger partial charge is 0.394 e. The molecule has 119 heavy (non-hydrogen) atoms. The molecule has 0 aliphatic carbocycles. The number of nitrogens with one attached hydrogen (secondary N) is 2. The first kappa shape index (κ1) is 106. The Morgan fingerprint density at radius 2 is 0.824 bits per heavy atom. The number of unbranched alkanes of at least 4 members (excludes halogenated alkanes) is 8. The summed E-state index contributed by atoms with van der Waals surface area (Å²) in [5.41, 5.74) is -1.70. The molecule has 9 unspecified atom stereocenters. The van der Waals surface area contributed by atoms with Gasteiger partial charge in [-0.25, -0.2) is 9.13 Å². The van der Waals surface area contributed by atoms with Crippen LogP contribution in [0.25, 0.3) is 0 Å². The lowest BCUT2D eigenvalue weighted by Crippen LogP contribution is -2.59. The van der Waals surface area contributed by atoms with Crippen LogP contribution in [0, 0.1) is 17.8 Å². The first-order valence-electron chi connectivity index (χ1n) is 42.1. The van der Waals surface area contributed by atoms with Crippen LogP contribution in [0.2, 0.25) is 0 Å². The minimum Gasteiger partial charge on any atom is -0.394 e. The van der Waals surface area contributed by atoms with E-state index in [0.29, 0.717) is 116 Å². The second-order valence-electron chi connectivity index (χ2n) is 31.8. The van der Waals surface area contributed by atoms with Gasteiger partial charge in [0.2, 0.25) is 17.7 Å². The minimum atomic E-state index is -4.98. The van der Waals surface area contributed by atoms with E-state index < -0.39 is 227 Å². The Bertz CT molecular complexity index is 2880. The predicted octanol–water partition coefficient (Wildman–Crippen LogP) is 1.68. The SMILES string of the molecule is COP(=O)(O)OC1C[C@H](C)O[C@@H]1COP(=O)(O)O[C@@H]1C[C@@H](CO)N(C(=O)CC(=O)NC(COCCC(=O)CCCCCC(=O)CCCCO[C@@H]2OC(CO)[C@H](O)[C@H](O)C2C)(COCCC(=O)CCCCCC(=O)CCCCO[C@@H]2OC(CO)[C@H](O)[C@H](O)C2C)COCCC(=O)NCCCCC(=O)CCCCO[C@@H]2OC(CO)[C@H](O)[C@H](O)C2C)C1. The maximum atomic E-state index is 14.4. The number of carbonyl (C=O) groups is 8. The van der Waals surface area contributed by atoms with Gasteiger partial charge < -0.3 is 124 Å². The zero-order valence-corrected chi connectivity index (χ0v) is 71.5. The largest absolute Gasteiger partial charge is 0.472 e. The van der Waals surface area contributed by atoms with Crippen molar-refractivity contribution in [3.05, 3.63) is 0 Å². The molecule has 0 aromatic heterocycles. The van der Waals surface area contributed by atoms with E-state index in [1.807, 2.05) is 0 Å². The second kappa shape index (κ2) is 56.3. The van der Waals surface area contributed by atoms with Crippen LogP contribution in [0.3, 0.4) is 0 Å². The third-order valence-corrected chi connectivity index (χ3v) is 23.9. The van der Waals surface area contributed by atoms with Crippen LogP contribution in [-0.4, -0.2) is 335 Å². The average Bonchev–Trinajstić information content (AvgIpc) is 1.78. The van der Waals surface area contributed by atoms with E-state index in [4.69, 9.17) is 60.9 Å². The number of amides is 3.